The fourth-order valence-electron chi connectivity index (χ4n) is 2.48. The molecule has 0 aromatic heterocycles. The third kappa shape index (κ3) is 5.36. The van der Waals surface area contributed by atoms with Crippen LogP contribution in [0.15, 0.2) is 42.5 Å². The largest absolute Gasteiger partial charge is 0.325 e. The molecular weight excluding hydrogens is 322 g/mol. The first-order valence-electron chi connectivity index (χ1n) is 8.48. The Morgan fingerprint density at radius 2 is 1.64 bits per heavy atom. The van der Waals surface area contributed by atoms with E-state index in [-0.39, 0.29) is 18.5 Å². The molecule has 0 aliphatic rings. The number of nitrogens with one attached hydrogen (secondary N) is 2. The summed E-state index contributed by atoms with van der Waals surface area (Å²) in [5.41, 5.74) is 2.56. The van der Waals surface area contributed by atoms with Crippen LogP contribution in [0.2, 0.25) is 0 Å². The van der Waals surface area contributed by atoms with Crippen molar-refractivity contribution >= 4 is 11.6 Å². The van der Waals surface area contributed by atoms with Crippen molar-refractivity contribution in [2.75, 3.05) is 11.9 Å². The van der Waals surface area contributed by atoms with E-state index in [1.807, 2.05) is 24.3 Å². The number of amides is 1. The van der Waals surface area contributed by atoms with E-state index in [9.17, 15) is 13.6 Å². The van der Waals surface area contributed by atoms with Crippen molar-refractivity contribution in [1.29, 1.82) is 0 Å². The van der Waals surface area contributed by atoms with Gasteiger partial charge in [0.25, 0.3) is 0 Å². The van der Waals surface area contributed by atoms with Crippen molar-refractivity contribution < 1.29 is 13.6 Å². The Bertz CT molecular complexity index is 716. The fraction of sp³-hybridized carbons (Fsp3) is 0.350. The second kappa shape index (κ2) is 8.72. The minimum absolute atomic E-state index is 0.0767. The van der Waals surface area contributed by atoms with Crippen molar-refractivity contribution in [2.45, 2.75) is 39.2 Å². The van der Waals surface area contributed by atoms with Crippen molar-refractivity contribution in [3.8, 4) is 0 Å². The maximum Gasteiger partial charge on any atom is 0.238 e. The smallest absolute Gasteiger partial charge is 0.238 e. The molecule has 2 rings (SSSR count). The Morgan fingerprint density at radius 1 is 1.00 bits per heavy atom. The van der Waals surface area contributed by atoms with Crippen LogP contribution in [-0.2, 0) is 4.79 Å². The Hall–Kier alpha value is -2.27. The van der Waals surface area contributed by atoms with Crippen LogP contribution in [-0.4, -0.2) is 12.5 Å². The van der Waals surface area contributed by atoms with Crippen LogP contribution in [0.25, 0.3) is 0 Å². The minimum Gasteiger partial charge on any atom is -0.325 e. The van der Waals surface area contributed by atoms with Crippen LogP contribution < -0.4 is 10.6 Å². The molecule has 0 saturated heterocycles. The predicted molar refractivity (Wildman–Crippen MR) is 96.6 cm³/mol. The summed E-state index contributed by atoms with van der Waals surface area (Å²) in [5.74, 6) is -1.47. The highest BCUT2D eigenvalue weighted by Crippen LogP contribution is 2.20. The van der Waals surface area contributed by atoms with Gasteiger partial charge in [-0.1, -0.05) is 32.0 Å². The molecule has 0 aliphatic carbocycles. The number of halogens is 2. The lowest BCUT2D eigenvalue weighted by atomic mass is 9.99. The molecule has 2 atom stereocenters. The molecule has 5 heteroatoms. The number of hydrogen-bond acceptors (Lipinski definition) is 2. The van der Waals surface area contributed by atoms with Crippen LogP contribution in [0.5, 0.6) is 0 Å². The lowest BCUT2D eigenvalue weighted by molar-refractivity contribution is -0.115. The molecule has 25 heavy (non-hydrogen) atoms. The number of carbonyl (C=O) groups excluding carboxylic acids is 1. The summed E-state index contributed by atoms with van der Waals surface area (Å²) in [6, 6.07) is 11.3. The van der Waals surface area contributed by atoms with Crippen molar-refractivity contribution in [1.82, 2.24) is 5.32 Å². The maximum absolute atomic E-state index is 13.3. The molecule has 2 aromatic carbocycles. The van der Waals surface area contributed by atoms with Gasteiger partial charge in [-0.05, 0) is 54.7 Å². The molecule has 0 heterocycles. The van der Waals surface area contributed by atoms with E-state index in [4.69, 9.17) is 0 Å². The van der Waals surface area contributed by atoms with Crippen LogP contribution in [0.1, 0.15) is 50.3 Å². The molecule has 1 amide bonds. The normalized spacial score (nSPS) is 13.3. The topological polar surface area (TPSA) is 41.1 Å². The van der Waals surface area contributed by atoms with Crippen LogP contribution in [0, 0.1) is 11.6 Å². The minimum atomic E-state index is -0.892. The average molecular weight is 346 g/mol. The lowest BCUT2D eigenvalue weighted by Crippen LogP contribution is -2.30. The van der Waals surface area contributed by atoms with Crippen LogP contribution in [0.3, 0.4) is 0 Å². The summed E-state index contributed by atoms with van der Waals surface area (Å²) >= 11 is 0. The summed E-state index contributed by atoms with van der Waals surface area (Å²) < 4.78 is 26.2. The highest BCUT2D eigenvalue weighted by atomic mass is 19.2. The average Bonchev–Trinajstić information content (AvgIpc) is 2.62. The summed E-state index contributed by atoms with van der Waals surface area (Å²) in [7, 11) is 0. The molecule has 0 aliphatic heterocycles. The third-order valence-corrected chi connectivity index (χ3v) is 4.39. The van der Waals surface area contributed by atoms with E-state index in [0.717, 1.165) is 24.2 Å². The van der Waals surface area contributed by atoms with Gasteiger partial charge >= 0.3 is 0 Å². The zero-order valence-electron chi connectivity index (χ0n) is 14.8. The van der Waals surface area contributed by atoms with Gasteiger partial charge in [-0.3, -0.25) is 4.79 Å². The molecule has 0 saturated carbocycles. The second-order valence-electron chi connectivity index (χ2n) is 6.26. The number of carbonyl (C=O) groups is 1. The Balaban J connectivity index is 1.86. The highest BCUT2D eigenvalue weighted by molar-refractivity contribution is 5.92. The lowest BCUT2D eigenvalue weighted by Gasteiger charge is -2.15. The molecule has 0 fully saturated rings. The quantitative estimate of drug-likeness (QED) is 0.758. The number of benzene rings is 2. The monoisotopic (exact) mass is 346 g/mol. The van der Waals surface area contributed by atoms with E-state index in [0.29, 0.717) is 11.5 Å². The molecule has 0 unspecified atom stereocenters. The molecule has 0 spiro atoms. The zero-order chi connectivity index (χ0) is 18.4. The second-order valence-corrected chi connectivity index (χ2v) is 6.26. The van der Waals surface area contributed by atoms with Gasteiger partial charge in [0.1, 0.15) is 0 Å². The maximum atomic E-state index is 13.3. The summed E-state index contributed by atoms with van der Waals surface area (Å²) in [6.45, 7) is 6.17. The molecule has 0 bridgehead atoms. The molecule has 2 aromatic rings. The molecule has 0 radical (unpaired) electrons. The van der Waals surface area contributed by atoms with Gasteiger partial charge < -0.3 is 10.6 Å². The number of hydrogen-bond donors (Lipinski definition) is 2. The van der Waals surface area contributed by atoms with E-state index in [1.165, 1.54) is 11.6 Å². The van der Waals surface area contributed by atoms with Gasteiger partial charge in [0.05, 0.1) is 6.54 Å². The van der Waals surface area contributed by atoms with E-state index in [2.05, 4.69) is 24.5 Å². The van der Waals surface area contributed by atoms with Crippen LogP contribution >= 0.6 is 0 Å². The molecule has 3 nitrogen and oxygen atoms in total. The Morgan fingerprint density at radius 3 is 2.24 bits per heavy atom. The first-order valence-corrected chi connectivity index (χ1v) is 8.48. The SMILES string of the molecule is CC[C@H](C)c1ccc(NC(=O)CN[C@H](C)c2ccc(F)c(F)c2)cc1. The summed E-state index contributed by atoms with van der Waals surface area (Å²) in [6.07, 6.45) is 1.07. The standard InChI is InChI=1S/C20H24F2N2O/c1-4-13(2)15-5-8-17(9-6-15)24-20(25)12-23-14(3)16-7-10-18(21)19(22)11-16/h5-11,13-14,23H,4,12H2,1-3H3,(H,24,25)/t13-,14+/m0/s1. The van der Waals surface area contributed by atoms with E-state index >= 15 is 0 Å². The molecule has 134 valence electrons. The third-order valence-electron chi connectivity index (χ3n) is 4.39. The van der Waals surface area contributed by atoms with Gasteiger partial charge in [0.15, 0.2) is 11.6 Å². The first-order chi connectivity index (χ1) is 11.9. The van der Waals surface area contributed by atoms with E-state index in [1.54, 1.807) is 6.92 Å². The summed E-state index contributed by atoms with van der Waals surface area (Å²) in [4.78, 5) is 12.0. The molecule has 2 N–H and O–H groups in total. The van der Waals surface area contributed by atoms with E-state index < -0.39 is 11.6 Å². The molecular formula is C20H24F2N2O. The van der Waals surface area contributed by atoms with Gasteiger partial charge in [-0.15, -0.1) is 0 Å². The Labute approximate surface area is 147 Å². The van der Waals surface area contributed by atoms with Gasteiger partial charge in [-0.2, -0.15) is 0 Å². The number of rotatable bonds is 7. The van der Waals surface area contributed by atoms with Crippen molar-refractivity contribution in [2.24, 2.45) is 0 Å². The zero-order valence-corrected chi connectivity index (χ0v) is 14.8. The first kappa shape index (κ1) is 19.1. The highest BCUT2D eigenvalue weighted by Gasteiger charge is 2.11. The summed E-state index contributed by atoms with van der Waals surface area (Å²) in [5, 5.41) is 5.82. The number of anilines is 1. The van der Waals surface area contributed by atoms with Gasteiger partial charge in [-0.25, -0.2) is 8.78 Å². The van der Waals surface area contributed by atoms with Crippen LogP contribution in [0.4, 0.5) is 14.5 Å². The van der Waals surface area contributed by atoms with Gasteiger partial charge in [0, 0.05) is 11.7 Å². The fourth-order valence-corrected chi connectivity index (χ4v) is 2.48. The Kier molecular flexibility index (Phi) is 6.65. The van der Waals surface area contributed by atoms with Gasteiger partial charge in [0.2, 0.25) is 5.91 Å². The van der Waals surface area contributed by atoms with Crippen molar-refractivity contribution in [3.05, 3.63) is 65.2 Å². The predicted octanol–water partition coefficient (Wildman–Crippen LogP) is 4.77. The van der Waals surface area contributed by atoms with Crippen molar-refractivity contribution in [3.63, 3.8) is 0 Å².